The number of nitrogens with one attached hydrogen (secondary N) is 1. The first kappa shape index (κ1) is 15.9. The van der Waals surface area contributed by atoms with E-state index in [1.165, 1.54) is 0 Å². The van der Waals surface area contributed by atoms with Gasteiger partial charge in [-0.1, -0.05) is 12.1 Å². The van der Waals surface area contributed by atoms with Gasteiger partial charge >= 0.3 is 0 Å². The molecule has 19 heavy (non-hydrogen) atoms. The average molecular weight is 286 g/mol. The molecule has 1 fully saturated rings. The van der Waals surface area contributed by atoms with Gasteiger partial charge in [-0.05, 0) is 32.0 Å². The predicted molar refractivity (Wildman–Crippen MR) is 77.8 cm³/mol. The lowest BCUT2D eigenvalue weighted by Crippen LogP contribution is -2.28. The van der Waals surface area contributed by atoms with E-state index in [2.05, 4.69) is 10.2 Å². The zero-order chi connectivity index (χ0) is 13.0. The molecule has 1 heterocycles. The van der Waals surface area contributed by atoms with Crippen molar-refractivity contribution in [1.82, 2.24) is 10.2 Å². The molecule has 2 rings (SSSR count). The van der Waals surface area contributed by atoms with Crippen LogP contribution in [-0.2, 0) is 6.54 Å². The van der Waals surface area contributed by atoms with Gasteiger partial charge < -0.3 is 5.32 Å². The molecule has 1 saturated heterocycles. The molecule has 5 nitrogen and oxygen atoms in total. The second-order valence-electron chi connectivity index (χ2n) is 4.70. The first-order valence-corrected chi connectivity index (χ1v) is 6.34. The van der Waals surface area contributed by atoms with E-state index < -0.39 is 0 Å². The van der Waals surface area contributed by atoms with Gasteiger partial charge in [0.2, 0.25) is 0 Å². The third-order valence-electron chi connectivity index (χ3n) is 3.44. The smallest absolute Gasteiger partial charge is 0.272 e. The lowest BCUT2D eigenvalue weighted by molar-refractivity contribution is -0.385. The summed E-state index contributed by atoms with van der Waals surface area (Å²) in [5.41, 5.74) is 2.08. The van der Waals surface area contributed by atoms with Crippen molar-refractivity contribution in [2.45, 2.75) is 19.9 Å². The molecule has 1 aromatic rings. The largest absolute Gasteiger partial charge is 0.315 e. The topological polar surface area (TPSA) is 58.4 Å². The van der Waals surface area contributed by atoms with Crippen molar-refractivity contribution in [2.24, 2.45) is 0 Å². The molecule has 6 heteroatoms. The molecule has 0 atom stereocenters. The Bertz CT molecular complexity index is 432. The molecule has 0 aliphatic carbocycles. The van der Waals surface area contributed by atoms with Gasteiger partial charge in [-0.15, -0.1) is 12.4 Å². The molecule has 1 aliphatic heterocycles. The van der Waals surface area contributed by atoms with E-state index in [1.54, 1.807) is 12.1 Å². The highest BCUT2D eigenvalue weighted by Gasteiger charge is 2.16. The van der Waals surface area contributed by atoms with Gasteiger partial charge in [0.25, 0.3) is 5.69 Å². The molecule has 1 aromatic carbocycles. The van der Waals surface area contributed by atoms with E-state index >= 15 is 0 Å². The highest BCUT2D eigenvalue weighted by Crippen LogP contribution is 2.22. The number of benzene rings is 1. The number of rotatable bonds is 3. The fourth-order valence-electron chi connectivity index (χ4n) is 2.34. The van der Waals surface area contributed by atoms with E-state index in [1.807, 2.05) is 13.0 Å². The minimum Gasteiger partial charge on any atom is -0.315 e. The number of nitro benzene ring substituents is 1. The van der Waals surface area contributed by atoms with Crippen LogP contribution in [0.1, 0.15) is 17.5 Å². The summed E-state index contributed by atoms with van der Waals surface area (Å²) in [5.74, 6) is 0. The number of hydrogen-bond acceptors (Lipinski definition) is 4. The summed E-state index contributed by atoms with van der Waals surface area (Å²) in [6.45, 7) is 6.74. The fraction of sp³-hybridized carbons (Fsp3) is 0.538. The summed E-state index contributed by atoms with van der Waals surface area (Å²) in [7, 11) is 0. The highest BCUT2D eigenvalue weighted by atomic mass is 35.5. The monoisotopic (exact) mass is 285 g/mol. The van der Waals surface area contributed by atoms with E-state index in [4.69, 9.17) is 0 Å². The minimum atomic E-state index is -0.303. The molecular weight excluding hydrogens is 266 g/mol. The Morgan fingerprint density at radius 2 is 2.16 bits per heavy atom. The van der Waals surface area contributed by atoms with Gasteiger partial charge in [0.1, 0.15) is 0 Å². The van der Waals surface area contributed by atoms with Crippen LogP contribution in [0.2, 0.25) is 0 Å². The Morgan fingerprint density at radius 3 is 2.89 bits per heavy atom. The second kappa shape index (κ2) is 7.43. The summed E-state index contributed by atoms with van der Waals surface area (Å²) < 4.78 is 0. The summed E-state index contributed by atoms with van der Waals surface area (Å²) in [6.07, 6.45) is 1.13. The standard InChI is InChI=1S/C13H19N3O2.ClH/c1-11-12(4-2-5-13(11)16(17)18)10-15-8-3-6-14-7-9-15;/h2,4-5,14H,3,6-10H2,1H3;1H. The van der Waals surface area contributed by atoms with Crippen molar-refractivity contribution >= 4 is 18.1 Å². The maximum absolute atomic E-state index is 10.9. The van der Waals surface area contributed by atoms with Crippen LogP contribution >= 0.6 is 12.4 Å². The highest BCUT2D eigenvalue weighted by molar-refractivity contribution is 5.85. The Hall–Kier alpha value is -1.17. The molecule has 0 unspecified atom stereocenters. The third-order valence-corrected chi connectivity index (χ3v) is 3.44. The van der Waals surface area contributed by atoms with Crippen LogP contribution in [0.15, 0.2) is 18.2 Å². The van der Waals surface area contributed by atoms with Gasteiger partial charge in [0, 0.05) is 31.3 Å². The molecule has 1 aliphatic rings. The lowest BCUT2D eigenvalue weighted by atomic mass is 10.1. The molecule has 0 amide bonds. The van der Waals surface area contributed by atoms with Gasteiger partial charge in [0.15, 0.2) is 0 Å². The van der Waals surface area contributed by atoms with Crippen LogP contribution in [0.4, 0.5) is 5.69 Å². The van der Waals surface area contributed by atoms with Crippen molar-refractivity contribution in [3.05, 3.63) is 39.4 Å². The van der Waals surface area contributed by atoms with Crippen LogP contribution in [0.3, 0.4) is 0 Å². The van der Waals surface area contributed by atoms with Gasteiger partial charge in [-0.2, -0.15) is 0 Å². The zero-order valence-corrected chi connectivity index (χ0v) is 11.9. The van der Waals surface area contributed by atoms with Crippen molar-refractivity contribution < 1.29 is 4.92 Å². The predicted octanol–water partition coefficient (Wildman–Crippen LogP) is 2.12. The van der Waals surface area contributed by atoms with Crippen molar-refractivity contribution in [3.8, 4) is 0 Å². The number of halogens is 1. The van der Waals surface area contributed by atoms with Crippen LogP contribution in [0, 0.1) is 17.0 Å². The van der Waals surface area contributed by atoms with Gasteiger partial charge in [-0.25, -0.2) is 0 Å². The van der Waals surface area contributed by atoms with E-state index in [9.17, 15) is 10.1 Å². The number of nitrogens with zero attached hydrogens (tertiary/aromatic N) is 2. The zero-order valence-electron chi connectivity index (χ0n) is 11.1. The summed E-state index contributed by atoms with van der Waals surface area (Å²) >= 11 is 0. The fourth-order valence-corrected chi connectivity index (χ4v) is 2.34. The molecule has 0 aromatic heterocycles. The first-order chi connectivity index (χ1) is 8.68. The molecular formula is C13H20ClN3O2. The third kappa shape index (κ3) is 4.16. The molecule has 0 spiro atoms. The van der Waals surface area contributed by atoms with Crippen LogP contribution in [-0.4, -0.2) is 36.0 Å². The maximum Gasteiger partial charge on any atom is 0.272 e. The summed E-state index contributed by atoms with van der Waals surface area (Å²) in [5, 5.41) is 14.3. The number of hydrogen-bond donors (Lipinski definition) is 1. The van der Waals surface area contributed by atoms with Crippen molar-refractivity contribution in [3.63, 3.8) is 0 Å². The Balaban J connectivity index is 0.00000180. The van der Waals surface area contributed by atoms with Gasteiger partial charge in [-0.3, -0.25) is 15.0 Å². The summed E-state index contributed by atoms with van der Waals surface area (Å²) in [6, 6.07) is 5.33. The Morgan fingerprint density at radius 1 is 1.37 bits per heavy atom. The van der Waals surface area contributed by atoms with Crippen LogP contribution in [0.5, 0.6) is 0 Å². The Labute approximate surface area is 119 Å². The Kier molecular flexibility index (Phi) is 6.21. The first-order valence-electron chi connectivity index (χ1n) is 6.34. The summed E-state index contributed by atoms with van der Waals surface area (Å²) in [4.78, 5) is 13.0. The van der Waals surface area contributed by atoms with E-state index in [0.29, 0.717) is 0 Å². The average Bonchev–Trinajstić information content (AvgIpc) is 2.60. The number of nitro groups is 1. The SMILES string of the molecule is Cc1c(CN2CCCNCC2)cccc1[N+](=O)[O-].Cl. The maximum atomic E-state index is 10.9. The van der Waals surface area contributed by atoms with Crippen LogP contribution < -0.4 is 5.32 Å². The molecule has 0 saturated carbocycles. The van der Waals surface area contributed by atoms with E-state index in [-0.39, 0.29) is 23.0 Å². The molecule has 1 N–H and O–H groups in total. The van der Waals surface area contributed by atoms with Gasteiger partial charge in [0.05, 0.1) is 4.92 Å². The molecule has 0 bridgehead atoms. The quantitative estimate of drug-likeness (QED) is 0.683. The molecule has 0 radical (unpaired) electrons. The lowest BCUT2D eigenvalue weighted by Gasteiger charge is -2.20. The van der Waals surface area contributed by atoms with Crippen LogP contribution in [0.25, 0.3) is 0 Å². The normalized spacial score (nSPS) is 16.5. The minimum absolute atomic E-state index is 0. The molecule has 106 valence electrons. The van der Waals surface area contributed by atoms with Crippen molar-refractivity contribution in [2.75, 3.05) is 26.2 Å². The van der Waals surface area contributed by atoms with Crippen molar-refractivity contribution in [1.29, 1.82) is 0 Å². The second-order valence-corrected chi connectivity index (χ2v) is 4.70. The van der Waals surface area contributed by atoms with E-state index in [0.717, 1.165) is 50.3 Å².